The van der Waals surface area contributed by atoms with Crippen molar-refractivity contribution >= 4 is 40.3 Å². The van der Waals surface area contributed by atoms with Gasteiger partial charge in [0.15, 0.2) is 0 Å². The Kier molecular flexibility index (Phi) is 10.2. The van der Waals surface area contributed by atoms with Crippen LogP contribution in [0, 0.1) is 13.8 Å². The van der Waals surface area contributed by atoms with Gasteiger partial charge in [-0.05, 0) is 42.7 Å². The third-order valence-electron chi connectivity index (χ3n) is 4.45. The molecule has 0 fully saturated rings. The molecule has 0 bridgehead atoms. The standard InChI is InChI=1S/C23H30IN3O/c1-19-7-5-11-22(17-19)26-23(28)12-13-25-14-16-27(18-24)15-6-10-21-9-4-3-8-20(21)2/h3-11,17,25H,12-16,18H2,1-2H3,(H,26,28)/b10-6+. The van der Waals surface area contributed by atoms with E-state index in [9.17, 15) is 4.79 Å². The van der Waals surface area contributed by atoms with E-state index in [0.717, 1.165) is 35.4 Å². The first-order valence-corrected chi connectivity index (χ1v) is 11.2. The maximum atomic E-state index is 12.0. The van der Waals surface area contributed by atoms with Crippen LogP contribution in [-0.4, -0.2) is 41.5 Å². The van der Waals surface area contributed by atoms with Gasteiger partial charge in [0.1, 0.15) is 0 Å². The van der Waals surface area contributed by atoms with Crippen molar-refractivity contribution in [1.29, 1.82) is 0 Å². The van der Waals surface area contributed by atoms with Crippen molar-refractivity contribution in [3.8, 4) is 0 Å². The third-order valence-corrected chi connectivity index (χ3v) is 5.42. The Morgan fingerprint density at radius 3 is 2.68 bits per heavy atom. The average Bonchev–Trinajstić information content (AvgIpc) is 2.67. The van der Waals surface area contributed by atoms with E-state index in [2.05, 4.69) is 81.5 Å². The molecule has 0 saturated heterocycles. The van der Waals surface area contributed by atoms with Crippen LogP contribution in [0.15, 0.2) is 54.6 Å². The van der Waals surface area contributed by atoms with Gasteiger partial charge < -0.3 is 10.6 Å². The molecule has 0 unspecified atom stereocenters. The van der Waals surface area contributed by atoms with Crippen molar-refractivity contribution in [1.82, 2.24) is 10.2 Å². The second-order valence-corrected chi connectivity index (χ2v) is 7.56. The Labute approximate surface area is 182 Å². The highest BCUT2D eigenvalue weighted by Crippen LogP contribution is 2.10. The fraction of sp³-hybridized carbons (Fsp3) is 0.348. The summed E-state index contributed by atoms with van der Waals surface area (Å²) in [5, 5.41) is 6.31. The van der Waals surface area contributed by atoms with Gasteiger partial charge in [-0.15, -0.1) is 0 Å². The number of alkyl halides is 1. The normalized spacial score (nSPS) is 11.3. The van der Waals surface area contributed by atoms with E-state index in [1.165, 1.54) is 11.1 Å². The molecule has 2 aromatic carbocycles. The van der Waals surface area contributed by atoms with Gasteiger partial charge in [-0.25, -0.2) is 0 Å². The molecule has 0 aliphatic heterocycles. The van der Waals surface area contributed by atoms with Crippen LogP contribution in [0.2, 0.25) is 0 Å². The molecule has 4 nitrogen and oxygen atoms in total. The Morgan fingerprint density at radius 1 is 1.11 bits per heavy atom. The fourth-order valence-electron chi connectivity index (χ4n) is 2.81. The monoisotopic (exact) mass is 491 g/mol. The molecule has 0 aliphatic rings. The van der Waals surface area contributed by atoms with Gasteiger partial charge >= 0.3 is 0 Å². The number of carbonyl (C=O) groups excluding carboxylic acids is 1. The zero-order valence-corrected chi connectivity index (χ0v) is 18.9. The zero-order valence-electron chi connectivity index (χ0n) is 16.7. The van der Waals surface area contributed by atoms with Crippen LogP contribution in [0.1, 0.15) is 23.1 Å². The third kappa shape index (κ3) is 8.54. The molecule has 0 spiro atoms. The van der Waals surface area contributed by atoms with Gasteiger partial charge in [-0.1, -0.05) is 71.1 Å². The number of nitrogens with one attached hydrogen (secondary N) is 2. The Morgan fingerprint density at radius 2 is 1.93 bits per heavy atom. The van der Waals surface area contributed by atoms with E-state index in [-0.39, 0.29) is 5.91 Å². The van der Waals surface area contributed by atoms with E-state index in [0.29, 0.717) is 13.0 Å². The van der Waals surface area contributed by atoms with Crippen molar-refractivity contribution in [3.05, 3.63) is 71.3 Å². The predicted molar refractivity (Wildman–Crippen MR) is 128 cm³/mol. The van der Waals surface area contributed by atoms with Crippen LogP contribution in [-0.2, 0) is 4.79 Å². The van der Waals surface area contributed by atoms with Crippen molar-refractivity contribution < 1.29 is 4.79 Å². The van der Waals surface area contributed by atoms with Gasteiger partial charge in [-0.3, -0.25) is 9.69 Å². The van der Waals surface area contributed by atoms with Crippen LogP contribution >= 0.6 is 22.6 Å². The molecular formula is C23H30IN3O. The number of nitrogens with zero attached hydrogens (tertiary/aromatic N) is 1. The molecule has 0 aromatic heterocycles. The summed E-state index contributed by atoms with van der Waals surface area (Å²) >= 11 is 2.40. The molecule has 0 atom stereocenters. The lowest BCUT2D eigenvalue weighted by Crippen LogP contribution is -2.32. The second-order valence-electron chi connectivity index (χ2n) is 6.87. The molecule has 0 saturated carbocycles. The highest BCUT2D eigenvalue weighted by molar-refractivity contribution is 14.1. The van der Waals surface area contributed by atoms with Crippen LogP contribution in [0.5, 0.6) is 0 Å². The molecule has 0 aliphatic carbocycles. The SMILES string of the molecule is Cc1cccc(NC(=O)CCNCCN(CI)C/C=C/c2ccccc2C)c1. The van der Waals surface area contributed by atoms with Crippen LogP contribution in [0.3, 0.4) is 0 Å². The summed E-state index contributed by atoms with van der Waals surface area (Å²) in [6.45, 7) is 7.60. The van der Waals surface area contributed by atoms with Crippen molar-refractivity contribution in [3.63, 3.8) is 0 Å². The first-order valence-electron chi connectivity index (χ1n) is 9.66. The number of hydrogen-bond acceptors (Lipinski definition) is 3. The number of carbonyl (C=O) groups is 1. The smallest absolute Gasteiger partial charge is 0.225 e. The minimum atomic E-state index is 0.0463. The molecule has 0 radical (unpaired) electrons. The molecule has 2 N–H and O–H groups in total. The summed E-state index contributed by atoms with van der Waals surface area (Å²) in [5.41, 5.74) is 4.58. The first kappa shape index (κ1) is 22.6. The van der Waals surface area contributed by atoms with Crippen molar-refractivity contribution in [2.24, 2.45) is 0 Å². The van der Waals surface area contributed by atoms with E-state index in [1.54, 1.807) is 0 Å². The Balaban J connectivity index is 1.62. The van der Waals surface area contributed by atoms with Crippen LogP contribution in [0.4, 0.5) is 5.69 Å². The number of amides is 1. The Bertz CT molecular complexity index is 776. The number of aryl methyl sites for hydroxylation is 2. The summed E-state index contributed by atoms with van der Waals surface area (Å²) in [6, 6.07) is 16.3. The lowest BCUT2D eigenvalue weighted by Gasteiger charge is -2.17. The van der Waals surface area contributed by atoms with Gasteiger partial charge in [0.2, 0.25) is 5.91 Å². The molecule has 0 heterocycles. The predicted octanol–water partition coefficient (Wildman–Crippen LogP) is 4.63. The molecule has 2 rings (SSSR count). The topological polar surface area (TPSA) is 44.4 Å². The number of rotatable bonds is 11. The molecule has 2 aromatic rings. The molecule has 28 heavy (non-hydrogen) atoms. The quantitative estimate of drug-likeness (QED) is 0.209. The summed E-state index contributed by atoms with van der Waals surface area (Å²) in [7, 11) is 0. The number of hydrogen-bond donors (Lipinski definition) is 2. The molecule has 150 valence electrons. The summed E-state index contributed by atoms with van der Waals surface area (Å²) in [4.78, 5) is 14.4. The maximum Gasteiger partial charge on any atom is 0.225 e. The van der Waals surface area contributed by atoms with E-state index in [4.69, 9.17) is 0 Å². The number of anilines is 1. The first-order chi connectivity index (χ1) is 13.6. The molecule has 5 heteroatoms. The van der Waals surface area contributed by atoms with E-state index < -0.39 is 0 Å². The van der Waals surface area contributed by atoms with E-state index >= 15 is 0 Å². The molecule has 1 amide bonds. The minimum absolute atomic E-state index is 0.0463. The lowest BCUT2D eigenvalue weighted by atomic mass is 10.1. The van der Waals surface area contributed by atoms with E-state index in [1.807, 2.05) is 31.2 Å². The van der Waals surface area contributed by atoms with Gasteiger partial charge in [0.05, 0.1) is 4.55 Å². The largest absolute Gasteiger partial charge is 0.326 e. The van der Waals surface area contributed by atoms with Crippen molar-refractivity contribution in [2.75, 3.05) is 36.0 Å². The highest BCUT2D eigenvalue weighted by Gasteiger charge is 2.04. The lowest BCUT2D eigenvalue weighted by molar-refractivity contribution is -0.116. The fourth-order valence-corrected chi connectivity index (χ4v) is 3.43. The van der Waals surface area contributed by atoms with Crippen LogP contribution < -0.4 is 10.6 Å². The summed E-state index contributed by atoms with van der Waals surface area (Å²) < 4.78 is 0.978. The maximum absolute atomic E-state index is 12.0. The molecular weight excluding hydrogens is 461 g/mol. The van der Waals surface area contributed by atoms with Gasteiger partial charge in [0, 0.05) is 38.3 Å². The highest BCUT2D eigenvalue weighted by atomic mass is 127. The van der Waals surface area contributed by atoms with Gasteiger partial charge in [0.25, 0.3) is 0 Å². The number of halogens is 1. The average molecular weight is 491 g/mol. The van der Waals surface area contributed by atoms with Crippen LogP contribution in [0.25, 0.3) is 6.08 Å². The Hall–Kier alpha value is -1.70. The summed E-state index contributed by atoms with van der Waals surface area (Å²) in [6.07, 6.45) is 4.89. The zero-order chi connectivity index (χ0) is 20.2. The summed E-state index contributed by atoms with van der Waals surface area (Å²) in [5.74, 6) is 0.0463. The number of benzene rings is 2. The van der Waals surface area contributed by atoms with Crippen molar-refractivity contribution in [2.45, 2.75) is 20.3 Å². The second kappa shape index (κ2) is 12.7. The van der Waals surface area contributed by atoms with Gasteiger partial charge in [-0.2, -0.15) is 0 Å². The minimum Gasteiger partial charge on any atom is -0.326 e.